The van der Waals surface area contributed by atoms with Crippen LogP contribution in [0.15, 0.2) is 42.5 Å². The van der Waals surface area contributed by atoms with Crippen LogP contribution in [0, 0.1) is 0 Å². The Labute approximate surface area is 185 Å². The minimum absolute atomic E-state index is 0.00460. The molecule has 0 spiro atoms. The number of rotatable bonds is 7. The quantitative estimate of drug-likeness (QED) is 0.720. The second-order valence-corrected chi connectivity index (χ2v) is 8.14. The summed E-state index contributed by atoms with van der Waals surface area (Å²) in [6.45, 7) is 9.76. The molecule has 0 saturated carbocycles. The Bertz CT molecular complexity index is 897. The number of likely N-dealkylation sites (tertiary alicyclic amines) is 1. The summed E-state index contributed by atoms with van der Waals surface area (Å²) in [5.41, 5.74) is 3.56. The van der Waals surface area contributed by atoms with E-state index in [1.165, 1.54) is 11.1 Å². The molecule has 1 saturated heterocycles. The molecular formula is C25H33N3O3. The van der Waals surface area contributed by atoms with Crippen LogP contribution >= 0.6 is 0 Å². The molecule has 166 valence electrons. The van der Waals surface area contributed by atoms with Crippen molar-refractivity contribution in [1.29, 1.82) is 0 Å². The number of amides is 2. The maximum Gasteiger partial charge on any atom is 0.318 e. The van der Waals surface area contributed by atoms with E-state index in [0.29, 0.717) is 19.8 Å². The maximum atomic E-state index is 13.1. The van der Waals surface area contributed by atoms with Gasteiger partial charge >= 0.3 is 6.03 Å². The molecule has 4 rings (SSSR count). The lowest BCUT2D eigenvalue weighted by molar-refractivity contribution is 0.170. The Morgan fingerprint density at radius 1 is 1.06 bits per heavy atom. The minimum atomic E-state index is -0.00460. The molecule has 1 unspecified atom stereocenters. The first-order valence-electron chi connectivity index (χ1n) is 11.4. The summed E-state index contributed by atoms with van der Waals surface area (Å²) < 4.78 is 11.4. The Balaban J connectivity index is 1.42. The molecule has 31 heavy (non-hydrogen) atoms. The van der Waals surface area contributed by atoms with Crippen LogP contribution in [0.3, 0.4) is 0 Å². The number of hydrogen-bond acceptors (Lipinski definition) is 4. The van der Waals surface area contributed by atoms with Crippen molar-refractivity contribution in [3.8, 4) is 11.5 Å². The highest BCUT2D eigenvalue weighted by molar-refractivity contribution is 5.75. The van der Waals surface area contributed by atoms with Crippen molar-refractivity contribution in [2.24, 2.45) is 0 Å². The van der Waals surface area contributed by atoms with Gasteiger partial charge in [0.15, 0.2) is 11.5 Å². The molecule has 0 bridgehead atoms. The molecule has 6 heteroatoms. The Hall–Kier alpha value is -2.73. The third kappa shape index (κ3) is 4.96. The molecule has 0 aromatic heterocycles. The van der Waals surface area contributed by atoms with E-state index in [9.17, 15) is 4.79 Å². The molecule has 2 aromatic carbocycles. The lowest BCUT2D eigenvalue weighted by Gasteiger charge is -2.27. The van der Waals surface area contributed by atoms with Crippen LogP contribution < -0.4 is 14.8 Å². The number of nitrogens with zero attached hydrogens (tertiary/aromatic N) is 2. The van der Waals surface area contributed by atoms with Gasteiger partial charge in [-0.15, -0.1) is 0 Å². The summed E-state index contributed by atoms with van der Waals surface area (Å²) >= 11 is 0. The van der Waals surface area contributed by atoms with E-state index in [-0.39, 0.29) is 12.1 Å². The summed E-state index contributed by atoms with van der Waals surface area (Å²) in [4.78, 5) is 17.4. The molecule has 1 N–H and O–H groups in total. The van der Waals surface area contributed by atoms with Gasteiger partial charge in [-0.05, 0) is 54.8 Å². The van der Waals surface area contributed by atoms with E-state index in [2.05, 4.69) is 48.3 Å². The topological polar surface area (TPSA) is 54.0 Å². The normalized spacial score (nSPS) is 17.8. The lowest BCUT2D eigenvalue weighted by Crippen LogP contribution is -2.39. The van der Waals surface area contributed by atoms with Crippen molar-refractivity contribution in [3.05, 3.63) is 59.2 Å². The third-order valence-corrected chi connectivity index (χ3v) is 6.30. The Morgan fingerprint density at radius 2 is 1.81 bits per heavy atom. The van der Waals surface area contributed by atoms with Crippen LogP contribution in [0.5, 0.6) is 11.5 Å². The van der Waals surface area contributed by atoms with Gasteiger partial charge in [-0.25, -0.2) is 4.79 Å². The molecule has 2 heterocycles. The molecule has 2 aliphatic heterocycles. The average molecular weight is 424 g/mol. The number of nitrogens with one attached hydrogen (secondary N) is 1. The zero-order valence-corrected chi connectivity index (χ0v) is 18.6. The summed E-state index contributed by atoms with van der Waals surface area (Å²) in [6.07, 6.45) is 1.97. The van der Waals surface area contributed by atoms with Gasteiger partial charge in [0.25, 0.3) is 0 Å². The fraction of sp³-hybridized carbons (Fsp3) is 0.480. The zero-order chi connectivity index (χ0) is 21.6. The van der Waals surface area contributed by atoms with Gasteiger partial charge in [0.2, 0.25) is 0 Å². The lowest BCUT2D eigenvalue weighted by atomic mass is 10.0. The molecule has 1 atom stereocenters. The molecule has 6 nitrogen and oxygen atoms in total. The summed E-state index contributed by atoms with van der Waals surface area (Å²) in [5, 5.41) is 3.17. The zero-order valence-electron chi connectivity index (χ0n) is 18.6. The van der Waals surface area contributed by atoms with Crippen LogP contribution in [0.4, 0.5) is 4.79 Å². The molecule has 0 aliphatic carbocycles. The molecule has 2 amide bonds. The Kier molecular flexibility index (Phi) is 6.97. The minimum Gasteiger partial charge on any atom is -0.486 e. The van der Waals surface area contributed by atoms with Crippen molar-refractivity contribution < 1.29 is 14.3 Å². The first-order chi connectivity index (χ1) is 15.2. The average Bonchev–Trinajstić information content (AvgIpc) is 3.31. The van der Waals surface area contributed by atoms with Gasteiger partial charge in [0.05, 0.1) is 6.04 Å². The van der Waals surface area contributed by atoms with Gasteiger partial charge in [0, 0.05) is 19.6 Å². The van der Waals surface area contributed by atoms with Gasteiger partial charge in [-0.1, -0.05) is 44.2 Å². The number of urea groups is 1. The van der Waals surface area contributed by atoms with Gasteiger partial charge in [0.1, 0.15) is 13.2 Å². The van der Waals surface area contributed by atoms with Gasteiger partial charge in [-0.3, -0.25) is 4.90 Å². The van der Waals surface area contributed by atoms with Crippen LogP contribution in [0.2, 0.25) is 0 Å². The monoisotopic (exact) mass is 423 g/mol. The SMILES string of the molecule is CCN(CC)Cc1ccccc1CNC(=O)N1CCCC1c1ccc2c(c1)OCCO2. The second-order valence-electron chi connectivity index (χ2n) is 8.14. The number of carbonyl (C=O) groups excluding carboxylic acids is 1. The second kappa shape index (κ2) is 10.1. The van der Waals surface area contributed by atoms with Crippen LogP contribution in [0.25, 0.3) is 0 Å². The van der Waals surface area contributed by atoms with E-state index in [1.54, 1.807) is 0 Å². The predicted molar refractivity (Wildman–Crippen MR) is 121 cm³/mol. The third-order valence-electron chi connectivity index (χ3n) is 6.30. The maximum absolute atomic E-state index is 13.1. The van der Waals surface area contributed by atoms with Crippen LogP contribution in [0.1, 0.15) is 49.4 Å². The number of benzene rings is 2. The smallest absolute Gasteiger partial charge is 0.318 e. The standard InChI is InChI=1S/C25H33N3O3/c1-3-27(4-2)18-21-9-6-5-8-20(21)17-26-25(29)28-13-7-10-22(28)19-11-12-23-24(16-19)31-15-14-30-23/h5-6,8-9,11-12,16,22H,3-4,7,10,13-15,17-18H2,1-2H3,(H,26,29). The highest BCUT2D eigenvalue weighted by Crippen LogP contribution is 2.38. The summed E-state index contributed by atoms with van der Waals surface area (Å²) in [5.74, 6) is 1.56. The van der Waals surface area contributed by atoms with Gasteiger partial charge in [-0.2, -0.15) is 0 Å². The van der Waals surface area contributed by atoms with Crippen molar-refractivity contribution in [2.75, 3.05) is 32.8 Å². The number of hydrogen-bond donors (Lipinski definition) is 1. The highest BCUT2D eigenvalue weighted by Gasteiger charge is 2.31. The predicted octanol–water partition coefficient (Wildman–Crippen LogP) is 4.35. The Morgan fingerprint density at radius 3 is 2.58 bits per heavy atom. The van der Waals surface area contributed by atoms with Crippen molar-refractivity contribution >= 4 is 6.03 Å². The summed E-state index contributed by atoms with van der Waals surface area (Å²) in [6, 6.07) is 14.5. The fourth-order valence-corrected chi connectivity index (χ4v) is 4.47. The van der Waals surface area contributed by atoms with Crippen molar-refractivity contribution in [2.45, 2.75) is 45.8 Å². The largest absolute Gasteiger partial charge is 0.486 e. The molecular weight excluding hydrogens is 390 g/mol. The number of ether oxygens (including phenoxy) is 2. The van der Waals surface area contributed by atoms with Crippen LogP contribution in [-0.4, -0.2) is 48.7 Å². The molecule has 0 radical (unpaired) electrons. The van der Waals surface area contributed by atoms with E-state index < -0.39 is 0 Å². The van der Waals surface area contributed by atoms with Gasteiger partial charge < -0.3 is 19.7 Å². The van der Waals surface area contributed by atoms with E-state index in [4.69, 9.17) is 9.47 Å². The van der Waals surface area contributed by atoms with E-state index in [0.717, 1.165) is 56.1 Å². The fourth-order valence-electron chi connectivity index (χ4n) is 4.47. The highest BCUT2D eigenvalue weighted by atomic mass is 16.6. The molecule has 2 aromatic rings. The first-order valence-corrected chi connectivity index (χ1v) is 11.4. The van der Waals surface area contributed by atoms with Crippen LogP contribution in [-0.2, 0) is 13.1 Å². The number of fused-ring (bicyclic) bond motifs is 1. The first kappa shape index (κ1) is 21.5. The van der Waals surface area contributed by atoms with E-state index in [1.807, 2.05) is 23.1 Å². The number of carbonyl (C=O) groups is 1. The van der Waals surface area contributed by atoms with E-state index >= 15 is 0 Å². The van der Waals surface area contributed by atoms with Crippen molar-refractivity contribution in [1.82, 2.24) is 15.1 Å². The summed E-state index contributed by atoms with van der Waals surface area (Å²) in [7, 11) is 0. The van der Waals surface area contributed by atoms with Crippen molar-refractivity contribution in [3.63, 3.8) is 0 Å². The molecule has 1 fully saturated rings. The molecule has 2 aliphatic rings.